The molecule has 0 spiro atoms. The SMILES string of the molecule is Cl.O=C(Nc1cccc2c1CN(c1ccccn1)C2)C1CCNCC1. The number of pyridine rings is 1. The Hall–Kier alpha value is -2.11. The maximum absolute atomic E-state index is 12.6. The fourth-order valence-corrected chi connectivity index (χ4v) is 3.56. The van der Waals surface area contributed by atoms with Gasteiger partial charge in [-0.25, -0.2) is 4.98 Å². The van der Waals surface area contributed by atoms with Gasteiger partial charge >= 0.3 is 0 Å². The van der Waals surface area contributed by atoms with Gasteiger partial charge in [-0.15, -0.1) is 12.4 Å². The van der Waals surface area contributed by atoms with Gasteiger partial charge in [0.1, 0.15) is 5.82 Å². The van der Waals surface area contributed by atoms with Crippen molar-refractivity contribution >= 4 is 29.8 Å². The van der Waals surface area contributed by atoms with Gasteiger partial charge in [0.15, 0.2) is 0 Å². The maximum Gasteiger partial charge on any atom is 0.227 e. The number of anilines is 2. The number of nitrogens with one attached hydrogen (secondary N) is 2. The molecule has 2 aromatic rings. The van der Waals surface area contributed by atoms with E-state index in [0.29, 0.717) is 0 Å². The molecule has 2 aliphatic rings. The minimum absolute atomic E-state index is 0. The Morgan fingerprint density at radius 2 is 1.96 bits per heavy atom. The average Bonchev–Trinajstić information content (AvgIpc) is 3.08. The van der Waals surface area contributed by atoms with E-state index in [1.54, 1.807) is 0 Å². The summed E-state index contributed by atoms with van der Waals surface area (Å²) in [7, 11) is 0. The number of hydrogen-bond acceptors (Lipinski definition) is 4. The predicted molar refractivity (Wildman–Crippen MR) is 102 cm³/mol. The van der Waals surface area contributed by atoms with Crippen molar-refractivity contribution in [3.8, 4) is 0 Å². The number of amides is 1. The Balaban J connectivity index is 0.00000182. The van der Waals surface area contributed by atoms with Crippen LogP contribution in [0.4, 0.5) is 11.5 Å². The molecule has 132 valence electrons. The molecule has 0 saturated carbocycles. The Kier molecular flexibility index (Phi) is 5.56. The van der Waals surface area contributed by atoms with Crippen LogP contribution in [-0.2, 0) is 17.9 Å². The third-order valence-electron chi connectivity index (χ3n) is 4.92. The number of aromatic nitrogens is 1. The van der Waals surface area contributed by atoms with E-state index in [0.717, 1.165) is 50.5 Å². The molecule has 0 atom stereocenters. The van der Waals surface area contributed by atoms with Crippen LogP contribution in [0.1, 0.15) is 24.0 Å². The Labute approximate surface area is 154 Å². The lowest BCUT2D eigenvalue weighted by Crippen LogP contribution is -2.34. The topological polar surface area (TPSA) is 57.3 Å². The summed E-state index contributed by atoms with van der Waals surface area (Å²) in [6, 6.07) is 12.1. The van der Waals surface area contributed by atoms with Crippen LogP contribution in [0.2, 0.25) is 0 Å². The van der Waals surface area contributed by atoms with Crippen molar-refractivity contribution in [1.29, 1.82) is 0 Å². The van der Waals surface area contributed by atoms with Gasteiger partial charge < -0.3 is 15.5 Å². The van der Waals surface area contributed by atoms with Crippen LogP contribution in [0.3, 0.4) is 0 Å². The summed E-state index contributed by atoms with van der Waals surface area (Å²) < 4.78 is 0. The number of rotatable bonds is 3. The van der Waals surface area contributed by atoms with E-state index in [9.17, 15) is 4.79 Å². The van der Waals surface area contributed by atoms with Crippen LogP contribution >= 0.6 is 12.4 Å². The highest BCUT2D eigenvalue weighted by molar-refractivity contribution is 5.93. The first-order valence-electron chi connectivity index (χ1n) is 8.59. The molecule has 0 bridgehead atoms. The zero-order valence-corrected chi connectivity index (χ0v) is 14.9. The molecule has 25 heavy (non-hydrogen) atoms. The van der Waals surface area contributed by atoms with Crippen molar-refractivity contribution in [2.75, 3.05) is 23.3 Å². The van der Waals surface area contributed by atoms with Gasteiger partial charge in [0, 0.05) is 30.9 Å². The van der Waals surface area contributed by atoms with Crippen LogP contribution in [0.25, 0.3) is 0 Å². The van der Waals surface area contributed by atoms with Crippen molar-refractivity contribution in [2.24, 2.45) is 5.92 Å². The smallest absolute Gasteiger partial charge is 0.227 e. The third kappa shape index (κ3) is 3.78. The standard InChI is InChI=1S/C19H22N4O.ClH/c24-19(14-7-10-20-11-8-14)22-17-5-3-4-15-12-23(13-16(15)17)18-6-1-2-9-21-18;/h1-6,9,14,20H,7-8,10-13H2,(H,22,24);1H. The summed E-state index contributed by atoms with van der Waals surface area (Å²) in [6.45, 7) is 3.48. The second kappa shape index (κ2) is 7.85. The monoisotopic (exact) mass is 358 g/mol. The normalized spacial score (nSPS) is 16.9. The van der Waals surface area contributed by atoms with E-state index in [1.165, 1.54) is 11.1 Å². The maximum atomic E-state index is 12.6. The number of piperidine rings is 1. The number of carbonyl (C=O) groups excluding carboxylic acids is 1. The van der Waals surface area contributed by atoms with Crippen molar-refractivity contribution in [2.45, 2.75) is 25.9 Å². The highest BCUT2D eigenvalue weighted by Gasteiger charge is 2.25. The summed E-state index contributed by atoms with van der Waals surface area (Å²) in [5, 5.41) is 6.48. The summed E-state index contributed by atoms with van der Waals surface area (Å²) in [4.78, 5) is 19.2. The molecule has 0 radical (unpaired) electrons. The van der Waals surface area contributed by atoms with Crippen LogP contribution in [0.15, 0.2) is 42.6 Å². The minimum atomic E-state index is 0. The number of carbonyl (C=O) groups is 1. The first-order chi connectivity index (χ1) is 11.8. The van der Waals surface area contributed by atoms with Crippen molar-refractivity contribution in [1.82, 2.24) is 10.3 Å². The zero-order chi connectivity index (χ0) is 16.4. The Morgan fingerprint density at radius 1 is 1.12 bits per heavy atom. The molecular formula is C19H23ClN4O. The van der Waals surface area contributed by atoms with Crippen molar-refractivity contribution in [3.63, 3.8) is 0 Å². The number of halogens is 1. The largest absolute Gasteiger partial charge is 0.348 e. The lowest BCUT2D eigenvalue weighted by Gasteiger charge is -2.22. The first kappa shape index (κ1) is 17.7. The number of hydrogen-bond donors (Lipinski definition) is 2. The van der Waals surface area contributed by atoms with Gasteiger partial charge in [0.05, 0.1) is 0 Å². The second-order valence-electron chi connectivity index (χ2n) is 6.50. The molecular weight excluding hydrogens is 336 g/mol. The van der Waals surface area contributed by atoms with E-state index < -0.39 is 0 Å². The van der Waals surface area contributed by atoms with Crippen LogP contribution in [0.5, 0.6) is 0 Å². The molecule has 2 aliphatic heterocycles. The van der Waals surface area contributed by atoms with Crippen LogP contribution in [-0.4, -0.2) is 24.0 Å². The van der Waals surface area contributed by atoms with Gasteiger partial charge in [0.2, 0.25) is 5.91 Å². The van der Waals surface area contributed by atoms with Crippen molar-refractivity contribution < 1.29 is 4.79 Å². The minimum Gasteiger partial charge on any atom is -0.348 e. The fourth-order valence-electron chi connectivity index (χ4n) is 3.56. The molecule has 2 N–H and O–H groups in total. The molecule has 1 amide bonds. The Morgan fingerprint density at radius 3 is 2.72 bits per heavy atom. The van der Waals surface area contributed by atoms with Gasteiger partial charge in [-0.3, -0.25) is 4.79 Å². The lowest BCUT2D eigenvalue weighted by atomic mass is 9.97. The molecule has 0 aliphatic carbocycles. The average molecular weight is 359 g/mol. The summed E-state index contributed by atoms with van der Waals surface area (Å²) in [5.74, 6) is 1.25. The van der Waals surface area contributed by atoms with Crippen LogP contribution in [0, 0.1) is 5.92 Å². The molecule has 3 heterocycles. The quantitative estimate of drug-likeness (QED) is 0.885. The molecule has 5 nitrogen and oxygen atoms in total. The molecule has 1 fully saturated rings. The van der Waals surface area contributed by atoms with E-state index in [4.69, 9.17) is 0 Å². The number of benzene rings is 1. The molecule has 0 unspecified atom stereocenters. The summed E-state index contributed by atoms with van der Waals surface area (Å²) in [5.41, 5.74) is 3.43. The second-order valence-corrected chi connectivity index (χ2v) is 6.50. The van der Waals surface area contributed by atoms with Gasteiger partial charge in [0.25, 0.3) is 0 Å². The molecule has 1 aromatic carbocycles. The van der Waals surface area contributed by atoms with Crippen LogP contribution < -0.4 is 15.5 Å². The molecule has 1 saturated heterocycles. The fraction of sp³-hybridized carbons (Fsp3) is 0.368. The van der Waals surface area contributed by atoms with E-state index >= 15 is 0 Å². The Bertz CT molecular complexity index is 731. The molecule has 6 heteroatoms. The third-order valence-corrected chi connectivity index (χ3v) is 4.92. The first-order valence-corrected chi connectivity index (χ1v) is 8.59. The van der Waals surface area contributed by atoms with Gasteiger partial charge in [-0.1, -0.05) is 18.2 Å². The van der Waals surface area contributed by atoms with E-state index in [2.05, 4.69) is 26.6 Å². The lowest BCUT2D eigenvalue weighted by molar-refractivity contribution is -0.120. The van der Waals surface area contributed by atoms with Gasteiger partial charge in [-0.05, 0) is 55.3 Å². The predicted octanol–water partition coefficient (Wildman–Crippen LogP) is 2.96. The number of fused-ring (bicyclic) bond motifs is 1. The highest BCUT2D eigenvalue weighted by atomic mass is 35.5. The van der Waals surface area contributed by atoms with Crippen molar-refractivity contribution in [3.05, 3.63) is 53.7 Å². The van der Waals surface area contributed by atoms with Gasteiger partial charge in [-0.2, -0.15) is 0 Å². The number of nitrogens with zero attached hydrogens (tertiary/aromatic N) is 2. The molecule has 1 aromatic heterocycles. The summed E-state index contributed by atoms with van der Waals surface area (Å²) >= 11 is 0. The summed E-state index contributed by atoms with van der Waals surface area (Å²) in [6.07, 6.45) is 3.65. The molecule has 4 rings (SSSR count). The van der Waals surface area contributed by atoms with E-state index in [1.807, 2.05) is 36.5 Å². The highest BCUT2D eigenvalue weighted by Crippen LogP contribution is 2.32. The van der Waals surface area contributed by atoms with E-state index in [-0.39, 0.29) is 24.2 Å². The zero-order valence-electron chi connectivity index (χ0n) is 14.1.